The molecular formula is C25H20FN3O3S. The Labute approximate surface area is 194 Å². The lowest BCUT2D eigenvalue weighted by Crippen LogP contribution is -2.28. The third-order valence-electron chi connectivity index (χ3n) is 4.87. The van der Waals surface area contributed by atoms with Gasteiger partial charge in [-0.1, -0.05) is 36.4 Å². The highest BCUT2D eigenvalue weighted by atomic mass is 32.2. The Balaban J connectivity index is 1.49. The lowest BCUT2D eigenvalue weighted by molar-refractivity contribution is -0.118. The van der Waals surface area contributed by atoms with Gasteiger partial charge in [0.1, 0.15) is 11.6 Å². The normalized spacial score (nSPS) is 14.6. The van der Waals surface area contributed by atoms with E-state index in [9.17, 15) is 14.0 Å². The number of para-hydroxylation sites is 2. The van der Waals surface area contributed by atoms with Crippen LogP contribution in [0.4, 0.5) is 15.8 Å². The zero-order valence-electron chi connectivity index (χ0n) is 17.7. The molecule has 4 rings (SSSR count). The molecule has 0 spiro atoms. The van der Waals surface area contributed by atoms with E-state index in [0.717, 1.165) is 17.3 Å². The van der Waals surface area contributed by atoms with Crippen molar-refractivity contribution in [2.75, 3.05) is 16.8 Å². The van der Waals surface area contributed by atoms with Gasteiger partial charge in [-0.05, 0) is 66.7 Å². The summed E-state index contributed by atoms with van der Waals surface area (Å²) >= 11 is 1.07. The number of rotatable bonds is 6. The molecule has 0 aliphatic carbocycles. The van der Waals surface area contributed by atoms with E-state index in [0.29, 0.717) is 27.6 Å². The van der Waals surface area contributed by atoms with Crippen LogP contribution in [0.15, 0.2) is 77.7 Å². The van der Waals surface area contributed by atoms with Gasteiger partial charge in [0.25, 0.3) is 11.8 Å². The molecule has 0 unspecified atom stereocenters. The molecule has 1 heterocycles. The minimum absolute atomic E-state index is 0.123. The van der Waals surface area contributed by atoms with E-state index < -0.39 is 5.91 Å². The van der Waals surface area contributed by atoms with Gasteiger partial charge in [-0.15, -0.1) is 0 Å². The van der Waals surface area contributed by atoms with Crippen molar-refractivity contribution in [3.05, 3.63) is 94.6 Å². The summed E-state index contributed by atoms with van der Waals surface area (Å²) in [6.45, 7) is 1.63. The summed E-state index contributed by atoms with van der Waals surface area (Å²) in [4.78, 5) is 27.0. The molecule has 1 aliphatic rings. The van der Waals surface area contributed by atoms with Crippen LogP contribution >= 0.6 is 11.8 Å². The third kappa shape index (κ3) is 5.12. The maximum Gasteiger partial charge on any atom is 0.271 e. The van der Waals surface area contributed by atoms with Crippen molar-refractivity contribution in [1.29, 1.82) is 5.41 Å². The van der Waals surface area contributed by atoms with E-state index in [4.69, 9.17) is 10.1 Å². The van der Waals surface area contributed by atoms with Gasteiger partial charge in [-0.25, -0.2) is 4.39 Å². The predicted molar refractivity (Wildman–Crippen MR) is 129 cm³/mol. The Bertz CT molecular complexity index is 1260. The first-order valence-electron chi connectivity index (χ1n) is 10.1. The average Bonchev–Trinajstić information content (AvgIpc) is 3.08. The Morgan fingerprint density at radius 2 is 1.79 bits per heavy atom. The van der Waals surface area contributed by atoms with E-state index in [2.05, 4.69) is 5.32 Å². The zero-order chi connectivity index (χ0) is 23.4. The van der Waals surface area contributed by atoms with Crippen LogP contribution in [0.25, 0.3) is 6.08 Å². The Morgan fingerprint density at radius 3 is 2.55 bits per heavy atom. The Kier molecular flexibility index (Phi) is 6.55. The number of benzene rings is 3. The summed E-state index contributed by atoms with van der Waals surface area (Å²) in [6, 6.07) is 19.9. The van der Waals surface area contributed by atoms with Gasteiger partial charge in [-0.2, -0.15) is 0 Å². The number of aryl methyl sites for hydroxylation is 1. The highest BCUT2D eigenvalue weighted by Gasteiger charge is 2.34. The molecule has 2 amide bonds. The summed E-state index contributed by atoms with van der Waals surface area (Å²) in [5.74, 6) is -0.654. The number of amidine groups is 1. The van der Waals surface area contributed by atoms with Crippen LogP contribution in [-0.4, -0.2) is 23.6 Å². The minimum atomic E-state index is -0.400. The lowest BCUT2D eigenvalue weighted by atomic mass is 10.1. The van der Waals surface area contributed by atoms with Crippen LogP contribution in [0.1, 0.15) is 11.1 Å². The van der Waals surface area contributed by atoms with Crippen molar-refractivity contribution in [1.82, 2.24) is 0 Å². The van der Waals surface area contributed by atoms with Crippen LogP contribution in [-0.2, 0) is 9.59 Å². The second-order valence-corrected chi connectivity index (χ2v) is 8.26. The number of carbonyl (C=O) groups excluding carboxylic acids is 2. The molecule has 3 aromatic rings. The van der Waals surface area contributed by atoms with Gasteiger partial charge < -0.3 is 10.1 Å². The molecule has 166 valence electrons. The van der Waals surface area contributed by atoms with Crippen molar-refractivity contribution in [2.45, 2.75) is 6.92 Å². The molecule has 0 aromatic heterocycles. The number of nitrogens with zero attached hydrogens (tertiary/aromatic N) is 1. The molecular weight excluding hydrogens is 441 g/mol. The molecule has 2 N–H and O–H groups in total. The summed E-state index contributed by atoms with van der Waals surface area (Å²) < 4.78 is 18.7. The SMILES string of the molecule is Cc1ccccc1N1C(=N)S/C(=C\c2ccccc2OCC(=O)Nc2ccc(F)cc2)C1=O. The van der Waals surface area contributed by atoms with Gasteiger partial charge in [0.2, 0.25) is 0 Å². The number of nitrogens with one attached hydrogen (secondary N) is 2. The molecule has 6 nitrogen and oxygen atoms in total. The number of carbonyl (C=O) groups is 2. The smallest absolute Gasteiger partial charge is 0.271 e. The zero-order valence-corrected chi connectivity index (χ0v) is 18.5. The monoisotopic (exact) mass is 461 g/mol. The van der Waals surface area contributed by atoms with Crippen molar-refractivity contribution >= 4 is 46.2 Å². The van der Waals surface area contributed by atoms with Crippen molar-refractivity contribution in [3.63, 3.8) is 0 Å². The number of amides is 2. The molecule has 3 aromatic carbocycles. The number of ether oxygens (including phenoxy) is 1. The quantitative estimate of drug-likeness (QED) is 0.494. The molecule has 33 heavy (non-hydrogen) atoms. The Morgan fingerprint density at radius 1 is 1.09 bits per heavy atom. The van der Waals surface area contributed by atoms with Gasteiger partial charge in [0.15, 0.2) is 11.8 Å². The van der Waals surface area contributed by atoms with Gasteiger partial charge in [0.05, 0.1) is 10.6 Å². The van der Waals surface area contributed by atoms with E-state index in [1.165, 1.54) is 29.2 Å². The number of hydrogen-bond acceptors (Lipinski definition) is 5. The molecule has 1 aliphatic heterocycles. The first kappa shape index (κ1) is 22.3. The predicted octanol–water partition coefficient (Wildman–Crippen LogP) is 5.21. The molecule has 0 bridgehead atoms. The summed E-state index contributed by atoms with van der Waals surface area (Å²) in [5.41, 5.74) is 2.64. The first-order chi connectivity index (χ1) is 15.9. The van der Waals surface area contributed by atoms with Gasteiger partial charge in [0, 0.05) is 11.3 Å². The lowest BCUT2D eigenvalue weighted by Gasteiger charge is -2.16. The first-order valence-corrected chi connectivity index (χ1v) is 10.9. The highest BCUT2D eigenvalue weighted by molar-refractivity contribution is 8.19. The minimum Gasteiger partial charge on any atom is -0.483 e. The number of anilines is 2. The highest BCUT2D eigenvalue weighted by Crippen LogP contribution is 2.37. The standard InChI is InChI=1S/C25H20FN3O3S/c1-16-6-2-4-8-20(16)29-24(31)22(33-25(29)27)14-17-7-3-5-9-21(17)32-15-23(30)28-19-12-10-18(26)11-13-19/h2-14,27H,15H2,1H3,(H,28,30)/b22-14-,27-25?. The number of halogens is 1. The molecule has 8 heteroatoms. The topological polar surface area (TPSA) is 82.5 Å². The second kappa shape index (κ2) is 9.70. The second-order valence-electron chi connectivity index (χ2n) is 7.22. The fourth-order valence-electron chi connectivity index (χ4n) is 3.27. The summed E-state index contributed by atoms with van der Waals surface area (Å²) in [7, 11) is 0. The van der Waals surface area contributed by atoms with E-state index in [-0.39, 0.29) is 23.5 Å². The Hall–Kier alpha value is -3.91. The van der Waals surface area contributed by atoms with E-state index in [1.807, 2.05) is 31.2 Å². The summed E-state index contributed by atoms with van der Waals surface area (Å²) in [6.07, 6.45) is 1.66. The number of hydrogen-bond donors (Lipinski definition) is 2. The van der Waals surface area contributed by atoms with Crippen molar-refractivity contribution in [2.24, 2.45) is 0 Å². The largest absolute Gasteiger partial charge is 0.483 e. The van der Waals surface area contributed by atoms with E-state index in [1.54, 1.807) is 30.3 Å². The van der Waals surface area contributed by atoms with Crippen molar-refractivity contribution in [3.8, 4) is 5.75 Å². The van der Waals surface area contributed by atoms with Gasteiger partial charge >= 0.3 is 0 Å². The van der Waals surface area contributed by atoms with Crippen molar-refractivity contribution < 1.29 is 18.7 Å². The fourth-order valence-corrected chi connectivity index (χ4v) is 4.11. The molecule has 0 radical (unpaired) electrons. The third-order valence-corrected chi connectivity index (χ3v) is 5.76. The van der Waals surface area contributed by atoms with Gasteiger partial charge in [-0.3, -0.25) is 19.9 Å². The summed E-state index contributed by atoms with van der Waals surface area (Å²) in [5, 5.41) is 11.1. The average molecular weight is 462 g/mol. The molecule has 0 atom stereocenters. The van der Waals surface area contributed by atoms with Crippen LogP contribution in [0.5, 0.6) is 5.75 Å². The van der Waals surface area contributed by atoms with Crippen LogP contribution in [0.2, 0.25) is 0 Å². The number of thioether (sulfide) groups is 1. The maximum absolute atomic E-state index is 13.0. The molecule has 1 fully saturated rings. The fraction of sp³-hybridized carbons (Fsp3) is 0.0800. The van der Waals surface area contributed by atoms with Crippen LogP contribution in [0.3, 0.4) is 0 Å². The molecule has 0 saturated carbocycles. The van der Waals surface area contributed by atoms with E-state index >= 15 is 0 Å². The maximum atomic E-state index is 13.0. The molecule has 1 saturated heterocycles. The van der Waals surface area contributed by atoms with Crippen LogP contribution < -0.4 is 15.0 Å². The van der Waals surface area contributed by atoms with Crippen LogP contribution in [0, 0.1) is 18.2 Å².